The third kappa shape index (κ3) is 2.60. The SMILES string of the molecule is CC.CCC(C)c1cccc2cccnc12. The molecule has 1 aromatic heterocycles. The number of rotatable bonds is 2. The van der Waals surface area contributed by atoms with E-state index in [0.29, 0.717) is 5.92 Å². The second-order valence-corrected chi connectivity index (χ2v) is 3.73. The summed E-state index contributed by atoms with van der Waals surface area (Å²) in [6.07, 6.45) is 3.03. The van der Waals surface area contributed by atoms with E-state index in [4.69, 9.17) is 0 Å². The van der Waals surface area contributed by atoms with Crippen LogP contribution in [0.2, 0.25) is 0 Å². The smallest absolute Gasteiger partial charge is 0.0736 e. The first kappa shape index (κ1) is 12.7. The highest BCUT2D eigenvalue weighted by Crippen LogP contribution is 2.25. The lowest BCUT2D eigenvalue weighted by Gasteiger charge is -2.11. The van der Waals surface area contributed by atoms with E-state index in [1.54, 1.807) is 0 Å². The second-order valence-electron chi connectivity index (χ2n) is 3.73. The predicted octanol–water partition coefficient (Wildman–Crippen LogP) is 4.77. The number of benzene rings is 1. The van der Waals surface area contributed by atoms with Gasteiger partial charge in [0.25, 0.3) is 0 Å². The van der Waals surface area contributed by atoms with Gasteiger partial charge in [-0.15, -0.1) is 0 Å². The second kappa shape index (κ2) is 6.26. The Morgan fingerprint density at radius 1 is 1.12 bits per heavy atom. The molecule has 1 nitrogen and oxygen atoms in total. The number of hydrogen-bond donors (Lipinski definition) is 0. The average molecular weight is 215 g/mol. The van der Waals surface area contributed by atoms with Crippen molar-refractivity contribution in [2.45, 2.75) is 40.0 Å². The zero-order chi connectivity index (χ0) is 12.0. The molecule has 0 bridgehead atoms. The summed E-state index contributed by atoms with van der Waals surface area (Å²) in [5.41, 5.74) is 2.52. The lowest BCUT2D eigenvalue weighted by molar-refractivity contribution is 0.738. The molecule has 0 fully saturated rings. The van der Waals surface area contributed by atoms with Crippen LogP contribution >= 0.6 is 0 Å². The van der Waals surface area contributed by atoms with E-state index in [-0.39, 0.29) is 0 Å². The van der Waals surface area contributed by atoms with Crippen molar-refractivity contribution >= 4 is 10.9 Å². The Bertz CT molecular complexity index is 429. The third-order valence-corrected chi connectivity index (χ3v) is 2.81. The van der Waals surface area contributed by atoms with Crippen molar-refractivity contribution in [3.8, 4) is 0 Å². The van der Waals surface area contributed by atoms with Gasteiger partial charge in [0.15, 0.2) is 0 Å². The van der Waals surface area contributed by atoms with Gasteiger partial charge in [-0.1, -0.05) is 52.0 Å². The van der Waals surface area contributed by atoms with Crippen molar-refractivity contribution in [2.24, 2.45) is 0 Å². The Kier molecular flexibility index (Phi) is 4.97. The van der Waals surface area contributed by atoms with Crippen LogP contribution in [0.5, 0.6) is 0 Å². The Morgan fingerprint density at radius 3 is 2.50 bits per heavy atom. The van der Waals surface area contributed by atoms with Crippen LogP contribution < -0.4 is 0 Å². The highest BCUT2D eigenvalue weighted by Gasteiger charge is 2.07. The van der Waals surface area contributed by atoms with Gasteiger partial charge in [0.2, 0.25) is 0 Å². The molecule has 0 aliphatic carbocycles. The van der Waals surface area contributed by atoms with Gasteiger partial charge in [0.05, 0.1) is 5.52 Å². The first-order valence-corrected chi connectivity index (χ1v) is 6.16. The summed E-state index contributed by atoms with van der Waals surface area (Å²) in [6.45, 7) is 8.47. The molecular weight excluding hydrogens is 194 g/mol. The highest BCUT2D eigenvalue weighted by atomic mass is 14.6. The molecule has 2 aromatic rings. The summed E-state index contributed by atoms with van der Waals surface area (Å²) in [7, 11) is 0. The molecule has 1 heteroatoms. The van der Waals surface area contributed by atoms with Crippen molar-refractivity contribution in [3.05, 3.63) is 42.1 Å². The molecule has 0 radical (unpaired) electrons. The van der Waals surface area contributed by atoms with Crippen LogP contribution in [0.15, 0.2) is 36.5 Å². The van der Waals surface area contributed by atoms with Gasteiger partial charge in [0.1, 0.15) is 0 Å². The minimum Gasteiger partial charge on any atom is -0.256 e. The summed E-state index contributed by atoms with van der Waals surface area (Å²) in [5.74, 6) is 0.591. The lowest BCUT2D eigenvalue weighted by Crippen LogP contribution is -1.93. The maximum Gasteiger partial charge on any atom is 0.0736 e. The monoisotopic (exact) mass is 215 g/mol. The molecule has 0 saturated heterocycles. The average Bonchev–Trinajstić information content (AvgIpc) is 2.39. The Balaban J connectivity index is 0.000000606. The van der Waals surface area contributed by atoms with Gasteiger partial charge in [-0.25, -0.2) is 0 Å². The summed E-state index contributed by atoms with van der Waals surface area (Å²) in [6, 6.07) is 10.5. The van der Waals surface area contributed by atoms with Crippen molar-refractivity contribution in [1.82, 2.24) is 4.98 Å². The summed E-state index contributed by atoms with van der Waals surface area (Å²) < 4.78 is 0. The largest absolute Gasteiger partial charge is 0.256 e. The minimum absolute atomic E-state index is 0.591. The Labute approximate surface area is 98.5 Å². The molecule has 1 atom stereocenters. The molecule has 0 N–H and O–H groups in total. The zero-order valence-corrected chi connectivity index (χ0v) is 10.7. The predicted molar refractivity (Wildman–Crippen MR) is 71.8 cm³/mol. The first-order valence-electron chi connectivity index (χ1n) is 6.16. The molecular formula is C15H21N. The van der Waals surface area contributed by atoms with Crippen LogP contribution in [-0.2, 0) is 0 Å². The van der Waals surface area contributed by atoms with E-state index in [9.17, 15) is 0 Å². The van der Waals surface area contributed by atoms with E-state index in [2.05, 4.69) is 43.1 Å². The van der Waals surface area contributed by atoms with Crippen LogP contribution in [0.4, 0.5) is 0 Å². The van der Waals surface area contributed by atoms with Gasteiger partial charge >= 0.3 is 0 Å². The van der Waals surface area contributed by atoms with Crippen molar-refractivity contribution in [1.29, 1.82) is 0 Å². The Hall–Kier alpha value is -1.37. The maximum absolute atomic E-state index is 4.45. The standard InChI is InChI=1S/C13H15N.C2H6/c1-3-10(2)12-8-4-6-11-7-5-9-14-13(11)12;1-2/h4-10H,3H2,1-2H3;1-2H3. The quantitative estimate of drug-likeness (QED) is 0.703. The van der Waals surface area contributed by atoms with Crippen LogP contribution in [0.3, 0.4) is 0 Å². The van der Waals surface area contributed by atoms with Crippen LogP contribution in [0, 0.1) is 0 Å². The summed E-state index contributed by atoms with van der Waals surface area (Å²) >= 11 is 0. The topological polar surface area (TPSA) is 12.9 Å². The molecule has 0 amide bonds. The van der Waals surface area contributed by atoms with E-state index < -0.39 is 0 Å². The number of aromatic nitrogens is 1. The van der Waals surface area contributed by atoms with E-state index >= 15 is 0 Å². The van der Waals surface area contributed by atoms with Crippen molar-refractivity contribution in [2.75, 3.05) is 0 Å². The van der Waals surface area contributed by atoms with Gasteiger partial charge in [-0.3, -0.25) is 4.98 Å². The molecule has 0 aliphatic rings. The normalized spacial score (nSPS) is 11.8. The maximum atomic E-state index is 4.45. The Morgan fingerprint density at radius 2 is 1.81 bits per heavy atom. The third-order valence-electron chi connectivity index (χ3n) is 2.81. The van der Waals surface area contributed by atoms with Crippen molar-refractivity contribution in [3.63, 3.8) is 0 Å². The minimum atomic E-state index is 0.591. The van der Waals surface area contributed by atoms with Crippen LogP contribution in [0.25, 0.3) is 10.9 Å². The van der Waals surface area contributed by atoms with E-state index in [1.165, 1.54) is 10.9 Å². The molecule has 2 rings (SSSR count). The van der Waals surface area contributed by atoms with Crippen LogP contribution in [-0.4, -0.2) is 4.98 Å². The fourth-order valence-electron chi connectivity index (χ4n) is 1.75. The van der Waals surface area contributed by atoms with Gasteiger partial charge in [0, 0.05) is 11.6 Å². The molecule has 1 aromatic carbocycles. The molecule has 1 unspecified atom stereocenters. The first-order chi connectivity index (χ1) is 7.83. The van der Waals surface area contributed by atoms with Crippen molar-refractivity contribution < 1.29 is 0 Å². The number of nitrogens with zero attached hydrogens (tertiary/aromatic N) is 1. The van der Waals surface area contributed by atoms with Gasteiger partial charge in [-0.05, 0) is 24.0 Å². The van der Waals surface area contributed by atoms with Crippen LogP contribution in [0.1, 0.15) is 45.6 Å². The summed E-state index contributed by atoms with van der Waals surface area (Å²) in [5, 5.41) is 1.24. The highest BCUT2D eigenvalue weighted by molar-refractivity contribution is 5.81. The number of pyridine rings is 1. The lowest BCUT2D eigenvalue weighted by atomic mass is 9.96. The zero-order valence-electron chi connectivity index (χ0n) is 10.7. The van der Waals surface area contributed by atoms with E-state index in [1.807, 2.05) is 26.1 Å². The molecule has 0 aliphatic heterocycles. The molecule has 0 saturated carbocycles. The summed E-state index contributed by atoms with van der Waals surface area (Å²) in [4.78, 5) is 4.45. The number of hydrogen-bond acceptors (Lipinski definition) is 1. The number of fused-ring (bicyclic) bond motifs is 1. The molecule has 16 heavy (non-hydrogen) atoms. The van der Waals surface area contributed by atoms with E-state index in [0.717, 1.165) is 11.9 Å². The number of para-hydroxylation sites is 1. The molecule has 86 valence electrons. The van der Waals surface area contributed by atoms with Gasteiger partial charge in [-0.2, -0.15) is 0 Å². The fourth-order valence-corrected chi connectivity index (χ4v) is 1.75. The molecule has 0 spiro atoms. The fraction of sp³-hybridized carbons (Fsp3) is 0.400. The molecule has 1 heterocycles. The van der Waals surface area contributed by atoms with Gasteiger partial charge < -0.3 is 0 Å².